The summed E-state index contributed by atoms with van der Waals surface area (Å²) in [7, 11) is -5.13. The molecule has 1 N–H and O–H groups in total. The van der Waals surface area contributed by atoms with Crippen molar-refractivity contribution in [3.8, 4) is 0 Å². The molecule has 1 unspecified atom stereocenters. The van der Waals surface area contributed by atoms with Gasteiger partial charge in [-0.3, -0.25) is 4.55 Å². The molecule has 1 atom stereocenters. The molecule has 1 aromatic carbocycles. The first-order valence-corrected chi connectivity index (χ1v) is 5.35. The quantitative estimate of drug-likeness (QED) is 0.566. The highest BCUT2D eigenvalue weighted by Crippen LogP contribution is 2.09. The Morgan fingerprint density at radius 2 is 1.83 bits per heavy atom. The maximum absolute atomic E-state index is 10.6. The summed E-state index contributed by atoms with van der Waals surface area (Å²) in [5, 5.41) is 0.111. The van der Waals surface area contributed by atoms with Crippen molar-refractivity contribution < 1.29 is 17.5 Å². The average Bonchev–Trinajstić information content (AvgIpc) is 2.03. The summed E-state index contributed by atoms with van der Waals surface area (Å²) in [6, 6.07) is 5.59. The summed E-state index contributed by atoms with van der Waals surface area (Å²) < 4.78 is 40.4. The highest BCUT2D eigenvalue weighted by Gasteiger charge is 2.18. The molecule has 0 aromatic heterocycles. The fourth-order valence-corrected chi connectivity index (χ4v) is 2.23. The van der Waals surface area contributed by atoms with E-state index in [4.69, 9.17) is 4.55 Å². The topological polar surface area (TPSA) is 71.4 Å². The van der Waals surface area contributed by atoms with Gasteiger partial charge in [-0.05, 0) is 12.1 Å². The van der Waals surface area contributed by atoms with Crippen molar-refractivity contribution in [2.75, 3.05) is 0 Å². The van der Waals surface area contributed by atoms with Gasteiger partial charge in [0.05, 0.1) is 0 Å². The van der Waals surface area contributed by atoms with E-state index in [-0.39, 0.29) is 10.2 Å². The molecule has 0 aliphatic heterocycles. The van der Waals surface area contributed by atoms with Crippen LogP contribution >= 0.6 is 8.46 Å². The summed E-state index contributed by atoms with van der Waals surface area (Å²) in [5.74, 6) is 0. The van der Waals surface area contributed by atoms with Crippen molar-refractivity contribution in [2.45, 2.75) is 4.90 Å². The first-order chi connectivity index (χ1) is 5.55. The SMILES string of the molecule is O=[PH+]c1ccccc1S(=O)(=O)O. The molecule has 0 saturated heterocycles. The van der Waals surface area contributed by atoms with Gasteiger partial charge in [0.2, 0.25) is 5.30 Å². The van der Waals surface area contributed by atoms with Gasteiger partial charge in [0, 0.05) is 0 Å². The van der Waals surface area contributed by atoms with Crippen LogP contribution in [0.25, 0.3) is 0 Å². The number of hydrogen-bond donors (Lipinski definition) is 1. The van der Waals surface area contributed by atoms with Crippen LogP contribution in [0.2, 0.25) is 0 Å². The molecule has 1 aromatic rings. The maximum atomic E-state index is 10.6. The van der Waals surface area contributed by atoms with Crippen LogP contribution in [-0.4, -0.2) is 13.0 Å². The molecule has 1 rings (SSSR count). The Balaban J connectivity index is 3.43. The molecule has 0 amide bonds. The molecule has 4 nitrogen and oxygen atoms in total. The second-order valence-corrected chi connectivity index (χ2v) is 4.21. The molecular weight excluding hydrogens is 199 g/mol. The zero-order valence-corrected chi connectivity index (χ0v) is 7.71. The summed E-state index contributed by atoms with van der Waals surface area (Å²) in [6.45, 7) is 0. The fraction of sp³-hybridized carbons (Fsp3) is 0. The monoisotopic (exact) mass is 205 g/mol. The summed E-state index contributed by atoms with van der Waals surface area (Å²) in [4.78, 5) is -0.293. The molecule has 0 saturated carbocycles. The maximum Gasteiger partial charge on any atom is 0.364 e. The third-order valence-electron chi connectivity index (χ3n) is 1.27. The lowest BCUT2D eigenvalue weighted by Crippen LogP contribution is -2.08. The number of hydrogen-bond acceptors (Lipinski definition) is 3. The van der Waals surface area contributed by atoms with E-state index in [9.17, 15) is 13.0 Å². The minimum absolute atomic E-state index is 0.111. The van der Waals surface area contributed by atoms with E-state index in [0.29, 0.717) is 0 Å². The molecule has 6 heteroatoms. The van der Waals surface area contributed by atoms with Gasteiger partial charge in [0.25, 0.3) is 10.1 Å². The first-order valence-electron chi connectivity index (χ1n) is 3.00. The zero-order valence-electron chi connectivity index (χ0n) is 5.89. The molecule has 0 radical (unpaired) electrons. The molecule has 0 spiro atoms. The predicted octanol–water partition coefficient (Wildman–Crippen LogP) is 0.583. The van der Waals surface area contributed by atoms with Crippen molar-refractivity contribution >= 4 is 23.9 Å². The number of benzene rings is 1. The Labute approximate surface area is 71.2 Å². The van der Waals surface area contributed by atoms with Crippen molar-refractivity contribution in [1.82, 2.24) is 0 Å². The lowest BCUT2D eigenvalue weighted by molar-refractivity contribution is 0.483. The van der Waals surface area contributed by atoms with E-state index in [1.807, 2.05) is 0 Å². The van der Waals surface area contributed by atoms with Gasteiger partial charge < -0.3 is 0 Å². The minimum Gasteiger partial charge on any atom is -0.282 e. The largest absolute Gasteiger partial charge is 0.364 e. The van der Waals surface area contributed by atoms with E-state index in [2.05, 4.69) is 0 Å². The van der Waals surface area contributed by atoms with E-state index >= 15 is 0 Å². The highest BCUT2D eigenvalue weighted by atomic mass is 32.2. The van der Waals surface area contributed by atoms with Gasteiger partial charge >= 0.3 is 8.46 Å². The lowest BCUT2D eigenvalue weighted by atomic mass is 10.4. The Hall–Kier alpha value is -0.770. The van der Waals surface area contributed by atoms with Crippen molar-refractivity contribution in [2.24, 2.45) is 0 Å². The molecule has 0 fully saturated rings. The van der Waals surface area contributed by atoms with Gasteiger partial charge in [0.15, 0.2) is 0 Å². The molecule has 0 aliphatic rings. The van der Waals surface area contributed by atoms with Crippen LogP contribution in [0.4, 0.5) is 0 Å². The normalized spacial score (nSPS) is 11.8. The lowest BCUT2D eigenvalue weighted by Gasteiger charge is -1.93. The van der Waals surface area contributed by atoms with Crippen LogP contribution < -0.4 is 5.30 Å². The van der Waals surface area contributed by atoms with E-state index in [0.717, 1.165) is 0 Å². The predicted molar refractivity (Wildman–Crippen MR) is 44.9 cm³/mol. The minimum atomic E-state index is -4.24. The van der Waals surface area contributed by atoms with Crippen molar-refractivity contribution in [3.63, 3.8) is 0 Å². The second kappa shape index (κ2) is 3.31. The Kier molecular flexibility index (Phi) is 2.57. The van der Waals surface area contributed by atoms with Gasteiger partial charge in [-0.2, -0.15) is 8.42 Å². The molecule has 64 valence electrons. The third kappa shape index (κ3) is 1.88. The Bertz CT molecular complexity index is 398. The van der Waals surface area contributed by atoms with Crippen LogP contribution in [0.1, 0.15) is 0 Å². The van der Waals surface area contributed by atoms with Crippen LogP contribution in [-0.2, 0) is 14.7 Å². The van der Waals surface area contributed by atoms with Gasteiger partial charge in [-0.1, -0.05) is 16.7 Å². The molecular formula is C6H6O4PS+. The smallest absolute Gasteiger partial charge is 0.282 e. The fourth-order valence-electron chi connectivity index (χ4n) is 0.776. The van der Waals surface area contributed by atoms with Gasteiger partial charge in [0.1, 0.15) is 4.90 Å². The molecule has 12 heavy (non-hydrogen) atoms. The van der Waals surface area contributed by atoms with Gasteiger partial charge in [-0.25, -0.2) is 0 Å². The summed E-state index contributed by atoms with van der Waals surface area (Å²) in [5.41, 5.74) is 0. The standard InChI is InChI=1S/C6H5O4PS/c7-11-5-3-1-2-4-6(5)12(8,9)10/h1-4H,(H,8,9,10)/p+1. The van der Waals surface area contributed by atoms with Crippen LogP contribution in [0.5, 0.6) is 0 Å². The van der Waals surface area contributed by atoms with Crippen LogP contribution in [0, 0.1) is 0 Å². The van der Waals surface area contributed by atoms with E-state index in [1.54, 1.807) is 6.07 Å². The van der Waals surface area contributed by atoms with Gasteiger partial charge in [-0.15, -0.1) is 0 Å². The highest BCUT2D eigenvalue weighted by molar-refractivity contribution is 7.86. The van der Waals surface area contributed by atoms with Crippen molar-refractivity contribution in [3.05, 3.63) is 24.3 Å². The van der Waals surface area contributed by atoms with Crippen molar-refractivity contribution in [1.29, 1.82) is 0 Å². The Morgan fingerprint density at radius 1 is 1.25 bits per heavy atom. The zero-order chi connectivity index (χ0) is 9.19. The molecule has 0 heterocycles. The average molecular weight is 205 g/mol. The van der Waals surface area contributed by atoms with Crippen LogP contribution in [0.15, 0.2) is 29.2 Å². The van der Waals surface area contributed by atoms with E-state index < -0.39 is 18.6 Å². The second-order valence-electron chi connectivity index (χ2n) is 2.07. The summed E-state index contributed by atoms with van der Waals surface area (Å²) >= 11 is 0. The van der Waals surface area contributed by atoms with Crippen LogP contribution in [0.3, 0.4) is 0 Å². The number of rotatable bonds is 2. The first kappa shape index (κ1) is 9.32. The van der Waals surface area contributed by atoms with E-state index in [1.165, 1.54) is 18.2 Å². The third-order valence-corrected chi connectivity index (χ3v) is 3.02. The molecule has 0 bridgehead atoms. The Morgan fingerprint density at radius 3 is 2.25 bits per heavy atom. The molecule has 0 aliphatic carbocycles. The summed E-state index contributed by atoms with van der Waals surface area (Å²) in [6.07, 6.45) is 0.